The highest BCUT2D eigenvalue weighted by atomic mass is 31.2. The van der Waals surface area contributed by atoms with Crippen molar-refractivity contribution in [2.24, 2.45) is 0 Å². The van der Waals surface area contributed by atoms with Crippen molar-refractivity contribution in [3.8, 4) is 0 Å². The van der Waals surface area contributed by atoms with Crippen LogP contribution in [0, 0.1) is 0 Å². The first-order valence-corrected chi connectivity index (χ1v) is 32.5. The van der Waals surface area contributed by atoms with Crippen LogP contribution in [0.25, 0.3) is 0 Å². The minimum atomic E-state index is -4.53. The van der Waals surface area contributed by atoms with E-state index in [4.69, 9.17) is 18.5 Å². The Morgan fingerprint density at radius 2 is 0.732 bits per heavy atom. The summed E-state index contributed by atoms with van der Waals surface area (Å²) in [7, 11) is 1.37. The second kappa shape index (κ2) is 55.2. The molecule has 71 heavy (non-hydrogen) atoms. The Balaban J connectivity index is 4.00. The molecule has 0 amide bonds. The summed E-state index contributed by atoms with van der Waals surface area (Å²) < 4.78 is 34.9. The van der Waals surface area contributed by atoms with Crippen molar-refractivity contribution < 1.29 is 37.3 Å². The molecule has 2 unspecified atom stereocenters. The minimum Gasteiger partial charge on any atom is -0.756 e. The van der Waals surface area contributed by atoms with E-state index in [9.17, 15) is 14.3 Å². The fourth-order valence-electron chi connectivity index (χ4n) is 9.19. The summed E-state index contributed by atoms with van der Waals surface area (Å²) in [5.74, 6) is -0.328. The summed E-state index contributed by atoms with van der Waals surface area (Å²) in [5, 5.41) is 0. The summed E-state index contributed by atoms with van der Waals surface area (Å²) in [4.78, 5) is 25.3. The molecule has 0 N–H and O–H groups in total. The van der Waals surface area contributed by atoms with E-state index in [1.807, 2.05) is 21.1 Å². The van der Waals surface area contributed by atoms with Gasteiger partial charge in [0.25, 0.3) is 7.82 Å². The Labute approximate surface area is 443 Å². The van der Waals surface area contributed by atoms with E-state index in [-0.39, 0.29) is 25.8 Å². The number of hydrogen-bond acceptors (Lipinski definition) is 7. The second-order valence-electron chi connectivity index (χ2n) is 22.4. The van der Waals surface area contributed by atoms with Crippen LogP contribution in [-0.2, 0) is 27.9 Å². The topological polar surface area (TPSA) is 94.1 Å². The number of hydrogen-bond donors (Lipinski definition) is 0. The zero-order valence-electron chi connectivity index (χ0n) is 48.2. The molecular weight excluding hydrogens is 902 g/mol. The number of phosphoric ester groups is 1. The van der Waals surface area contributed by atoms with E-state index < -0.39 is 13.9 Å². The molecule has 0 fully saturated rings. The summed E-state index contributed by atoms with van der Waals surface area (Å²) in [6.07, 6.45) is 68.0. The summed E-state index contributed by atoms with van der Waals surface area (Å²) in [6, 6.07) is 0. The molecule has 0 aliphatic rings. The highest BCUT2D eigenvalue weighted by molar-refractivity contribution is 7.45. The molecule has 0 aliphatic carbocycles. The third-order valence-corrected chi connectivity index (χ3v) is 14.9. The Kier molecular flexibility index (Phi) is 54.4. The number of nitrogens with zero attached hydrogens (tertiary/aromatic N) is 1. The third-order valence-electron chi connectivity index (χ3n) is 14.0. The molecule has 0 radical (unpaired) electrons. The minimum absolute atomic E-state index is 0.0286. The molecule has 0 aromatic carbocycles. The molecule has 422 valence electrons. The van der Waals surface area contributed by atoms with Crippen molar-refractivity contribution in [3.05, 3.63) is 24.3 Å². The molecular formula is C62H122NO7P. The van der Waals surface area contributed by atoms with Crippen molar-refractivity contribution in [2.45, 2.75) is 315 Å². The lowest BCUT2D eigenvalue weighted by molar-refractivity contribution is -0.870. The molecule has 8 nitrogen and oxygen atoms in total. The maximum Gasteiger partial charge on any atom is 0.306 e. The lowest BCUT2D eigenvalue weighted by Gasteiger charge is -2.28. The van der Waals surface area contributed by atoms with Gasteiger partial charge in [-0.15, -0.1) is 0 Å². The highest BCUT2D eigenvalue weighted by Gasteiger charge is 2.20. The molecule has 9 heteroatoms. The van der Waals surface area contributed by atoms with E-state index in [1.165, 1.54) is 257 Å². The predicted octanol–water partition coefficient (Wildman–Crippen LogP) is 19.2. The molecule has 0 heterocycles. The van der Waals surface area contributed by atoms with Gasteiger partial charge in [0.1, 0.15) is 19.3 Å². The third kappa shape index (κ3) is 59.7. The number of allylic oxidation sites excluding steroid dienone is 4. The molecule has 0 bridgehead atoms. The maximum atomic E-state index is 12.8. The van der Waals surface area contributed by atoms with Gasteiger partial charge in [-0.3, -0.25) is 9.36 Å². The molecule has 0 aliphatic heterocycles. The van der Waals surface area contributed by atoms with Gasteiger partial charge in [0.05, 0.1) is 34.4 Å². The standard InChI is InChI=1S/C62H122NO7P/c1-6-8-10-12-14-16-18-20-22-24-26-28-30-31-32-34-36-38-40-42-44-46-48-50-52-54-57-67-59-61(60-69-71(65,66)68-58-56-63(3,4)5)70-62(64)55-53-51-49-47-45-43-41-39-37-35-33-29-27-25-23-21-19-17-15-13-11-9-7-2/h24-27,61H,6-23,28-60H2,1-5H3/b26-24-,27-25-. The predicted molar refractivity (Wildman–Crippen MR) is 305 cm³/mol. The number of rotatable bonds is 59. The molecule has 0 rings (SSSR count). The first kappa shape index (κ1) is 70.0. The van der Waals surface area contributed by atoms with Crippen LogP contribution >= 0.6 is 7.82 Å². The van der Waals surface area contributed by atoms with Crippen LogP contribution in [0.1, 0.15) is 309 Å². The summed E-state index contributed by atoms with van der Waals surface area (Å²) in [5.41, 5.74) is 0. The summed E-state index contributed by atoms with van der Waals surface area (Å²) in [6.45, 7) is 5.48. The van der Waals surface area contributed by atoms with Crippen molar-refractivity contribution in [1.82, 2.24) is 0 Å². The van der Waals surface area contributed by atoms with Gasteiger partial charge in [-0.2, -0.15) is 0 Å². The number of quaternary nitrogens is 1. The molecule has 0 saturated heterocycles. The van der Waals surface area contributed by atoms with Crippen molar-refractivity contribution in [2.75, 3.05) is 54.1 Å². The number of likely N-dealkylation sites (N-methyl/N-ethyl adjacent to an activating group) is 1. The van der Waals surface area contributed by atoms with Crippen molar-refractivity contribution >= 4 is 13.8 Å². The molecule has 0 aromatic rings. The number of ether oxygens (including phenoxy) is 2. The van der Waals surface area contributed by atoms with Crippen LogP contribution in [0.15, 0.2) is 24.3 Å². The van der Waals surface area contributed by atoms with E-state index in [2.05, 4.69) is 38.2 Å². The van der Waals surface area contributed by atoms with Crippen molar-refractivity contribution in [3.63, 3.8) is 0 Å². The van der Waals surface area contributed by atoms with Gasteiger partial charge in [0.15, 0.2) is 0 Å². The maximum absolute atomic E-state index is 12.8. The van der Waals surface area contributed by atoms with Gasteiger partial charge in [0.2, 0.25) is 0 Å². The van der Waals surface area contributed by atoms with E-state index in [0.29, 0.717) is 24.1 Å². The Hall–Kier alpha value is -1.02. The smallest absolute Gasteiger partial charge is 0.306 e. The monoisotopic (exact) mass is 1020 g/mol. The number of carbonyl (C=O) groups is 1. The zero-order valence-corrected chi connectivity index (χ0v) is 49.1. The molecule has 0 aromatic heterocycles. The van der Waals surface area contributed by atoms with E-state index >= 15 is 0 Å². The van der Waals surface area contributed by atoms with Crippen LogP contribution in [0.4, 0.5) is 0 Å². The number of carbonyl (C=O) groups excluding carboxylic acids is 1. The summed E-state index contributed by atoms with van der Waals surface area (Å²) >= 11 is 0. The van der Waals surface area contributed by atoms with Gasteiger partial charge in [0, 0.05) is 13.0 Å². The Morgan fingerprint density at radius 3 is 1.07 bits per heavy atom. The SMILES string of the molecule is CCCCCCCCCC/C=C\CCCCCCCCCCCCCCCCOCC(COP(=O)([O-])OCC[N+](C)(C)C)OC(=O)CCCCCCCCCCCCC/C=C\CCCCCCCCCC. The zero-order chi connectivity index (χ0) is 51.9. The lowest BCUT2D eigenvalue weighted by Crippen LogP contribution is -2.37. The normalized spacial score (nSPS) is 13.5. The largest absolute Gasteiger partial charge is 0.756 e. The van der Waals surface area contributed by atoms with Crippen LogP contribution in [0.5, 0.6) is 0 Å². The average Bonchev–Trinajstić information content (AvgIpc) is 3.33. The fourth-order valence-corrected chi connectivity index (χ4v) is 9.92. The lowest BCUT2D eigenvalue weighted by atomic mass is 10.0. The van der Waals surface area contributed by atoms with Crippen LogP contribution in [-0.4, -0.2) is 70.7 Å². The average molecular weight is 1020 g/mol. The van der Waals surface area contributed by atoms with Crippen LogP contribution < -0.4 is 4.89 Å². The second-order valence-corrected chi connectivity index (χ2v) is 23.8. The molecule has 0 saturated carbocycles. The van der Waals surface area contributed by atoms with E-state index in [0.717, 1.165) is 32.1 Å². The first-order valence-electron chi connectivity index (χ1n) is 31.1. The van der Waals surface area contributed by atoms with Crippen LogP contribution in [0.2, 0.25) is 0 Å². The highest BCUT2D eigenvalue weighted by Crippen LogP contribution is 2.38. The van der Waals surface area contributed by atoms with E-state index in [1.54, 1.807) is 0 Å². The van der Waals surface area contributed by atoms with Gasteiger partial charge in [-0.1, -0.05) is 263 Å². The first-order chi connectivity index (χ1) is 34.6. The number of esters is 1. The number of unbranched alkanes of at least 4 members (excludes halogenated alkanes) is 41. The van der Waals surface area contributed by atoms with Crippen molar-refractivity contribution in [1.29, 1.82) is 0 Å². The molecule has 2 atom stereocenters. The van der Waals surface area contributed by atoms with Gasteiger partial charge in [-0.25, -0.2) is 0 Å². The Bertz CT molecular complexity index is 1190. The molecule has 0 spiro atoms. The van der Waals surface area contributed by atoms with Gasteiger partial charge >= 0.3 is 5.97 Å². The quantitative estimate of drug-likeness (QED) is 0.0197. The van der Waals surface area contributed by atoms with Gasteiger partial charge in [-0.05, 0) is 64.2 Å². The van der Waals surface area contributed by atoms with Gasteiger partial charge < -0.3 is 27.9 Å². The van der Waals surface area contributed by atoms with Crippen LogP contribution in [0.3, 0.4) is 0 Å². The Morgan fingerprint density at radius 1 is 0.423 bits per heavy atom. The number of phosphoric acid groups is 1. The fraction of sp³-hybridized carbons (Fsp3) is 0.919.